The number of hydrogen-bond donors (Lipinski definition) is 1. The van der Waals surface area contributed by atoms with Crippen LogP contribution in [0.1, 0.15) is 69.7 Å². The topological polar surface area (TPSA) is 62.6 Å². The minimum atomic E-state index is 0.121. The lowest BCUT2D eigenvalue weighted by atomic mass is 10.1. The summed E-state index contributed by atoms with van der Waals surface area (Å²) in [6.45, 7) is 12.5. The van der Waals surface area contributed by atoms with Crippen molar-refractivity contribution in [1.29, 1.82) is 0 Å². The van der Waals surface area contributed by atoms with Crippen molar-refractivity contribution in [3.05, 3.63) is 48.0 Å². The maximum atomic E-state index is 13.6. The Labute approximate surface area is 228 Å². The van der Waals surface area contributed by atoms with Crippen LogP contribution in [0.25, 0.3) is 11.0 Å². The van der Waals surface area contributed by atoms with Gasteiger partial charge in [-0.3, -0.25) is 4.79 Å². The molecule has 206 valence electrons. The van der Waals surface area contributed by atoms with E-state index in [-0.39, 0.29) is 5.91 Å². The monoisotopic (exact) mass is 519 g/mol. The van der Waals surface area contributed by atoms with E-state index >= 15 is 0 Å². The van der Waals surface area contributed by atoms with Crippen LogP contribution < -0.4 is 10.1 Å². The Balaban J connectivity index is 1.61. The summed E-state index contributed by atoms with van der Waals surface area (Å²) in [7, 11) is 1.67. The van der Waals surface area contributed by atoms with Crippen molar-refractivity contribution in [2.24, 2.45) is 5.92 Å². The molecule has 3 aromatic rings. The fraction of sp³-hybridized carbons (Fsp3) is 0.548. The third-order valence-electron chi connectivity index (χ3n) is 7.44. The minimum Gasteiger partial charge on any atom is -0.497 e. The highest BCUT2D eigenvalue weighted by molar-refractivity contribution is 5.98. The normalized spacial score (nSPS) is 13.9. The van der Waals surface area contributed by atoms with Crippen LogP contribution >= 0.6 is 0 Å². The van der Waals surface area contributed by atoms with Crippen molar-refractivity contribution in [3.63, 3.8) is 0 Å². The number of aryl methyl sites for hydroxylation is 1. The molecule has 7 nitrogen and oxygen atoms in total. The number of carbonyl (C=O) groups is 1. The Kier molecular flexibility index (Phi) is 10.0. The van der Waals surface area contributed by atoms with Gasteiger partial charge in [-0.15, -0.1) is 0 Å². The zero-order valence-electron chi connectivity index (χ0n) is 23.7. The molecular formula is C31H45N5O2. The van der Waals surface area contributed by atoms with E-state index in [1.165, 1.54) is 25.9 Å². The predicted octanol–water partition coefficient (Wildman–Crippen LogP) is 6.56. The first-order valence-corrected chi connectivity index (χ1v) is 14.4. The van der Waals surface area contributed by atoms with Crippen molar-refractivity contribution in [1.82, 2.24) is 19.4 Å². The number of nitrogens with zero attached hydrogens (tertiary/aromatic N) is 4. The second-order valence-electron chi connectivity index (χ2n) is 10.9. The average molecular weight is 520 g/mol. The molecule has 2 heterocycles. The zero-order valence-corrected chi connectivity index (χ0v) is 23.7. The molecule has 0 atom stereocenters. The molecule has 1 fully saturated rings. The first-order chi connectivity index (χ1) is 18.5. The Morgan fingerprint density at radius 3 is 2.50 bits per heavy atom. The van der Waals surface area contributed by atoms with Crippen LogP contribution in [0.5, 0.6) is 5.75 Å². The van der Waals surface area contributed by atoms with Gasteiger partial charge >= 0.3 is 0 Å². The summed E-state index contributed by atoms with van der Waals surface area (Å²) in [6, 6.07) is 13.9. The quantitative estimate of drug-likeness (QED) is 0.261. The number of likely N-dealkylation sites (tertiary alicyclic amines) is 1. The molecule has 1 aliphatic rings. The van der Waals surface area contributed by atoms with Crippen LogP contribution in [-0.2, 0) is 6.54 Å². The van der Waals surface area contributed by atoms with E-state index in [1.54, 1.807) is 7.11 Å². The van der Waals surface area contributed by atoms with E-state index in [0.717, 1.165) is 85.8 Å². The molecule has 0 spiro atoms. The van der Waals surface area contributed by atoms with Crippen LogP contribution in [0.15, 0.2) is 42.5 Å². The third kappa shape index (κ3) is 7.28. The molecule has 0 unspecified atom stereocenters. The lowest BCUT2D eigenvalue weighted by molar-refractivity contribution is 0.0746. The Morgan fingerprint density at radius 2 is 1.82 bits per heavy atom. The summed E-state index contributed by atoms with van der Waals surface area (Å²) in [4.78, 5) is 23.1. The molecule has 2 aromatic carbocycles. The van der Waals surface area contributed by atoms with E-state index in [1.807, 2.05) is 47.4 Å². The number of aromatic nitrogens is 2. The maximum absolute atomic E-state index is 13.6. The molecule has 38 heavy (non-hydrogen) atoms. The molecule has 0 bridgehead atoms. The van der Waals surface area contributed by atoms with E-state index in [9.17, 15) is 4.79 Å². The van der Waals surface area contributed by atoms with Crippen LogP contribution in [0.4, 0.5) is 11.6 Å². The predicted molar refractivity (Wildman–Crippen MR) is 157 cm³/mol. The second-order valence-corrected chi connectivity index (χ2v) is 10.9. The lowest BCUT2D eigenvalue weighted by Crippen LogP contribution is -2.33. The van der Waals surface area contributed by atoms with Gasteiger partial charge in [-0.1, -0.05) is 27.2 Å². The fourth-order valence-electron chi connectivity index (χ4n) is 5.10. The number of methoxy groups -OCH3 is 1. The largest absolute Gasteiger partial charge is 0.497 e. The van der Waals surface area contributed by atoms with Crippen molar-refractivity contribution < 1.29 is 9.53 Å². The number of ether oxygens (including phenoxy) is 1. The van der Waals surface area contributed by atoms with E-state index in [2.05, 4.69) is 35.6 Å². The number of anilines is 2. The van der Waals surface area contributed by atoms with E-state index in [4.69, 9.17) is 9.72 Å². The number of fused-ring (bicyclic) bond motifs is 1. The number of unbranched alkanes of at least 4 members (excludes halogenated alkanes) is 1. The van der Waals surface area contributed by atoms with Gasteiger partial charge in [0.1, 0.15) is 5.75 Å². The average Bonchev–Trinajstić information content (AvgIpc) is 3.56. The van der Waals surface area contributed by atoms with Crippen LogP contribution in [0.2, 0.25) is 0 Å². The minimum absolute atomic E-state index is 0.121. The van der Waals surface area contributed by atoms with Gasteiger partial charge < -0.3 is 24.4 Å². The molecule has 0 saturated carbocycles. The van der Waals surface area contributed by atoms with Gasteiger partial charge in [-0.05, 0) is 100 Å². The zero-order chi connectivity index (χ0) is 26.9. The van der Waals surface area contributed by atoms with Gasteiger partial charge in [0.2, 0.25) is 5.95 Å². The van der Waals surface area contributed by atoms with Crippen LogP contribution in [0, 0.1) is 5.92 Å². The molecule has 4 rings (SSSR count). The highest BCUT2D eigenvalue weighted by Crippen LogP contribution is 2.26. The van der Waals surface area contributed by atoms with Crippen molar-refractivity contribution in [2.75, 3.05) is 45.2 Å². The molecule has 1 aromatic heterocycles. The highest BCUT2D eigenvalue weighted by Gasteiger charge is 2.19. The van der Waals surface area contributed by atoms with Gasteiger partial charge in [0, 0.05) is 30.9 Å². The van der Waals surface area contributed by atoms with Gasteiger partial charge in [0.25, 0.3) is 5.91 Å². The lowest BCUT2D eigenvalue weighted by Gasteiger charge is -2.23. The van der Waals surface area contributed by atoms with Gasteiger partial charge in [0.05, 0.1) is 18.1 Å². The molecule has 0 aliphatic carbocycles. The standard InChI is InChI=1S/C31H45N5O2/c1-5-6-20-35(22-16-24(2)3)30(37)25-10-15-28-29(23-25)36(21-9-19-34-17-7-8-18-34)31(33-28)32-26-11-13-27(38-4)14-12-26/h10-15,23-24H,5-9,16-22H2,1-4H3,(H,32,33). The summed E-state index contributed by atoms with van der Waals surface area (Å²) >= 11 is 0. The number of benzene rings is 2. The summed E-state index contributed by atoms with van der Waals surface area (Å²) in [5.41, 5.74) is 3.61. The van der Waals surface area contributed by atoms with Crippen molar-refractivity contribution in [3.8, 4) is 5.75 Å². The third-order valence-corrected chi connectivity index (χ3v) is 7.44. The Morgan fingerprint density at radius 1 is 1.05 bits per heavy atom. The number of hydrogen-bond acceptors (Lipinski definition) is 5. The Hall–Kier alpha value is -3.06. The summed E-state index contributed by atoms with van der Waals surface area (Å²) in [5.74, 6) is 2.32. The number of rotatable bonds is 14. The summed E-state index contributed by atoms with van der Waals surface area (Å²) in [5, 5.41) is 3.51. The van der Waals surface area contributed by atoms with Gasteiger partial charge in [-0.2, -0.15) is 0 Å². The molecule has 1 N–H and O–H groups in total. The highest BCUT2D eigenvalue weighted by atomic mass is 16.5. The smallest absolute Gasteiger partial charge is 0.253 e. The number of nitrogens with one attached hydrogen (secondary N) is 1. The maximum Gasteiger partial charge on any atom is 0.253 e. The van der Waals surface area contributed by atoms with Crippen LogP contribution in [0.3, 0.4) is 0 Å². The molecule has 7 heteroatoms. The fourth-order valence-corrected chi connectivity index (χ4v) is 5.10. The van der Waals surface area contributed by atoms with E-state index < -0.39 is 0 Å². The molecule has 1 amide bonds. The SMILES string of the molecule is CCCCN(CCC(C)C)C(=O)c1ccc2nc(Nc3ccc(OC)cc3)n(CCCN3CCCC3)c2c1. The molecule has 1 aliphatic heterocycles. The summed E-state index contributed by atoms with van der Waals surface area (Å²) < 4.78 is 7.56. The van der Waals surface area contributed by atoms with Gasteiger partial charge in [0.15, 0.2) is 0 Å². The van der Waals surface area contributed by atoms with Crippen molar-refractivity contribution >= 4 is 28.6 Å². The second kappa shape index (κ2) is 13.7. The molecular weight excluding hydrogens is 474 g/mol. The number of carbonyl (C=O) groups excluding carboxylic acids is 1. The first-order valence-electron chi connectivity index (χ1n) is 14.4. The first kappa shape index (κ1) is 28.0. The number of amides is 1. The number of imidazole rings is 1. The molecule has 0 radical (unpaired) electrons. The van der Waals surface area contributed by atoms with Crippen molar-refractivity contribution in [2.45, 2.75) is 65.8 Å². The summed E-state index contributed by atoms with van der Waals surface area (Å²) in [6.07, 6.45) is 6.76. The van der Waals surface area contributed by atoms with Crippen LogP contribution in [-0.4, -0.2) is 65.1 Å². The van der Waals surface area contributed by atoms with Gasteiger partial charge in [-0.25, -0.2) is 4.98 Å². The van der Waals surface area contributed by atoms with E-state index in [0.29, 0.717) is 5.92 Å². The Bertz CT molecular complexity index is 1160. The molecule has 1 saturated heterocycles.